The zero-order chi connectivity index (χ0) is 23.4. The first-order valence-corrected chi connectivity index (χ1v) is 12.4. The summed E-state index contributed by atoms with van der Waals surface area (Å²) in [7, 11) is -1.90. The second-order valence-corrected chi connectivity index (χ2v) is 11.0. The molecular formula is C22H32N4O5S. The van der Waals surface area contributed by atoms with Crippen molar-refractivity contribution in [1.82, 2.24) is 20.4 Å². The number of carbonyl (C=O) groups is 1. The fraction of sp³-hybridized carbons (Fsp3) is 0.591. The Morgan fingerprint density at radius 3 is 2.69 bits per heavy atom. The molecule has 1 aromatic carbocycles. The number of methoxy groups -OCH3 is 1. The molecule has 3 rings (SSSR count). The van der Waals surface area contributed by atoms with E-state index in [9.17, 15) is 13.2 Å². The standard InChI is InChI=1S/C22H32N4O5S/c1-16-5-7-17(8-6-16)32(28,29)14-19-24-21(31-25-19)13-20(27)23-18-9-10-26(11-12-30-4)15-22(18,2)3/h5-8,18H,9-15H2,1-4H3,(H,23,27). The third-order valence-corrected chi connectivity index (χ3v) is 7.41. The lowest BCUT2D eigenvalue weighted by Crippen LogP contribution is -2.56. The Bertz CT molecular complexity index is 1020. The number of aromatic nitrogens is 2. The van der Waals surface area contributed by atoms with Gasteiger partial charge in [0.15, 0.2) is 15.7 Å². The van der Waals surface area contributed by atoms with E-state index in [1.165, 1.54) is 0 Å². The number of nitrogens with zero attached hydrogens (tertiary/aromatic N) is 3. The van der Waals surface area contributed by atoms with E-state index in [1.54, 1.807) is 31.4 Å². The van der Waals surface area contributed by atoms with Crippen LogP contribution in [0, 0.1) is 12.3 Å². The maximum Gasteiger partial charge on any atom is 0.236 e. The van der Waals surface area contributed by atoms with Gasteiger partial charge in [-0.15, -0.1) is 0 Å². The Balaban J connectivity index is 1.55. The Labute approximate surface area is 189 Å². The van der Waals surface area contributed by atoms with E-state index >= 15 is 0 Å². The predicted octanol–water partition coefficient (Wildman–Crippen LogP) is 1.76. The van der Waals surface area contributed by atoms with Crippen LogP contribution >= 0.6 is 0 Å². The molecule has 1 aliphatic rings. The van der Waals surface area contributed by atoms with Crippen molar-refractivity contribution in [2.45, 2.75) is 50.3 Å². The molecule has 176 valence electrons. The summed E-state index contributed by atoms with van der Waals surface area (Å²) in [6, 6.07) is 6.62. The summed E-state index contributed by atoms with van der Waals surface area (Å²) in [5, 5.41) is 6.83. The molecule has 2 aromatic rings. The lowest BCUT2D eigenvalue weighted by Gasteiger charge is -2.44. The molecule has 0 aliphatic carbocycles. The minimum absolute atomic E-state index is 0.0260. The average molecular weight is 465 g/mol. The van der Waals surface area contributed by atoms with Crippen LogP contribution in [0.25, 0.3) is 0 Å². The van der Waals surface area contributed by atoms with E-state index in [-0.39, 0.29) is 46.1 Å². The van der Waals surface area contributed by atoms with Crippen LogP contribution in [0.4, 0.5) is 0 Å². The molecule has 0 radical (unpaired) electrons. The topological polar surface area (TPSA) is 115 Å². The highest BCUT2D eigenvalue weighted by Gasteiger charge is 2.36. The number of hydrogen-bond donors (Lipinski definition) is 1. The summed E-state index contributed by atoms with van der Waals surface area (Å²) in [4.78, 5) is 19.2. The molecule has 1 unspecified atom stereocenters. The fourth-order valence-corrected chi connectivity index (χ4v) is 5.12. The van der Waals surface area contributed by atoms with Gasteiger partial charge in [0.1, 0.15) is 12.2 Å². The third-order valence-electron chi connectivity index (χ3n) is 5.78. The van der Waals surface area contributed by atoms with Gasteiger partial charge in [0, 0.05) is 32.8 Å². The number of likely N-dealkylation sites (tertiary alicyclic amines) is 1. The number of nitrogens with one attached hydrogen (secondary N) is 1. The Kier molecular flexibility index (Phi) is 7.68. The minimum atomic E-state index is -3.59. The minimum Gasteiger partial charge on any atom is -0.383 e. The van der Waals surface area contributed by atoms with Crippen molar-refractivity contribution in [3.05, 3.63) is 41.5 Å². The monoisotopic (exact) mass is 464 g/mol. The second-order valence-electron chi connectivity index (χ2n) is 9.02. The highest BCUT2D eigenvalue weighted by molar-refractivity contribution is 7.90. The van der Waals surface area contributed by atoms with E-state index in [4.69, 9.17) is 9.26 Å². The summed E-state index contributed by atoms with van der Waals surface area (Å²) in [5.41, 5.74) is 0.879. The number of amides is 1. The molecule has 1 aliphatic heterocycles. The van der Waals surface area contributed by atoms with Crippen LogP contribution < -0.4 is 5.32 Å². The Morgan fingerprint density at radius 1 is 1.31 bits per heavy atom. The van der Waals surface area contributed by atoms with Crippen molar-refractivity contribution in [2.24, 2.45) is 5.41 Å². The van der Waals surface area contributed by atoms with Gasteiger partial charge in [-0.3, -0.25) is 4.79 Å². The van der Waals surface area contributed by atoms with Crippen LogP contribution in [-0.2, 0) is 31.5 Å². The van der Waals surface area contributed by atoms with Gasteiger partial charge in [-0.05, 0) is 30.9 Å². The zero-order valence-electron chi connectivity index (χ0n) is 19.1. The summed E-state index contributed by atoms with van der Waals surface area (Å²) in [5.74, 6) is -0.453. The van der Waals surface area contributed by atoms with Gasteiger partial charge in [0.2, 0.25) is 11.8 Å². The van der Waals surface area contributed by atoms with Gasteiger partial charge in [0.25, 0.3) is 0 Å². The number of ether oxygens (including phenoxy) is 1. The van der Waals surface area contributed by atoms with Crippen molar-refractivity contribution in [2.75, 3.05) is 33.4 Å². The molecule has 1 atom stereocenters. The van der Waals surface area contributed by atoms with E-state index in [1.807, 2.05) is 6.92 Å². The maximum absolute atomic E-state index is 12.6. The molecule has 1 amide bonds. The van der Waals surface area contributed by atoms with Crippen LogP contribution in [0.5, 0.6) is 0 Å². The Morgan fingerprint density at radius 2 is 2.03 bits per heavy atom. The number of benzene rings is 1. The summed E-state index contributed by atoms with van der Waals surface area (Å²) < 4.78 is 35.4. The number of piperidine rings is 1. The number of rotatable bonds is 9. The number of hydrogen-bond acceptors (Lipinski definition) is 8. The van der Waals surface area contributed by atoms with Gasteiger partial charge >= 0.3 is 0 Å². The first-order valence-electron chi connectivity index (χ1n) is 10.7. The molecule has 2 heterocycles. The molecule has 1 aromatic heterocycles. The van der Waals surface area contributed by atoms with Crippen molar-refractivity contribution in [3.63, 3.8) is 0 Å². The van der Waals surface area contributed by atoms with Crippen LogP contribution in [-0.4, -0.2) is 68.8 Å². The van der Waals surface area contributed by atoms with Gasteiger partial charge in [-0.1, -0.05) is 36.7 Å². The van der Waals surface area contributed by atoms with Crippen LogP contribution in [0.2, 0.25) is 0 Å². The van der Waals surface area contributed by atoms with Crippen LogP contribution in [0.3, 0.4) is 0 Å². The summed E-state index contributed by atoms with van der Waals surface area (Å²) in [6.45, 7) is 9.47. The quantitative estimate of drug-likeness (QED) is 0.597. The fourth-order valence-electron chi connectivity index (χ4n) is 3.95. The molecule has 1 fully saturated rings. The smallest absolute Gasteiger partial charge is 0.236 e. The van der Waals surface area contributed by atoms with E-state index < -0.39 is 9.84 Å². The van der Waals surface area contributed by atoms with Gasteiger partial charge in [-0.2, -0.15) is 4.98 Å². The lowest BCUT2D eigenvalue weighted by atomic mass is 9.79. The van der Waals surface area contributed by atoms with Crippen LogP contribution in [0.1, 0.15) is 37.5 Å². The maximum atomic E-state index is 12.6. The van der Waals surface area contributed by atoms with E-state index in [0.29, 0.717) is 6.61 Å². The molecule has 10 heteroatoms. The van der Waals surface area contributed by atoms with Gasteiger partial charge < -0.3 is 19.5 Å². The van der Waals surface area contributed by atoms with Crippen molar-refractivity contribution in [1.29, 1.82) is 0 Å². The molecule has 9 nitrogen and oxygen atoms in total. The van der Waals surface area contributed by atoms with E-state index in [2.05, 4.69) is 34.2 Å². The SMILES string of the molecule is COCCN1CCC(NC(=O)Cc2nc(CS(=O)(=O)c3ccc(C)cc3)no2)C(C)(C)C1. The average Bonchev–Trinajstić information content (AvgIpc) is 3.14. The largest absolute Gasteiger partial charge is 0.383 e. The normalized spacial score (nSPS) is 19.1. The van der Waals surface area contributed by atoms with Crippen molar-refractivity contribution in [3.8, 4) is 0 Å². The highest BCUT2D eigenvalue weighted by Crippen LogP contribution is 2.29. The highest BCUT2D eigenvalue weighted by atomic mass is 32.2. The number of carbonyl (C=O) groups excluding carboxylic acids is 1. The second kappa shape index (κ2) is 10.1. The summed E-state index contributed by atoms with van der Waals surface area (Å²) in [6.07, 6.45) is 0.754. The lowest BCUT2D eigenvalue weighted by molar-refractivity contribution is -0.123. The summed E-state index contributed by atoms with van der Waals surface area (Å²) >= 11 is 0. The number of sulfone groups is 1. The predicted molar refractivity (Wildman–Crippen MR) is 119 cm³/mol. The van der Waals surface area contributed by atoms with E-state index in [0.717, 1.165) is 31.6 Å². The first-order chi connectivity index (χ1) is 15.1. The molecular weight excluding hydrogens is 432 g/mol. The molecule has 0 saturated carbocycles. The first kappa shape index (κ1) is 24.3. The van der Waals surface area contributed by atoms with Crippen molar-refractivity contribution >= 4 is 15.7 Å². The molecule has 0 bridgehead atoms. The molecule has 32 heavy (non-hydrogen) atoms. The van der Waals surface area contributed by atoms with Crippen LogP contribution in [0.15, 0.2) is 33.7 Å². The van der Waals surface area contributed by atoms with Gasteiger partial charge in [-0.25, -0.2) is 8.42 Å². The zero-order valence-corrected chi connectivity index (χ0v) is 19.9. The third kappa shape index (κ3) is 6.36. The molecule has 0 spiro atoms. The Hall–Kier alpha value is -2.30. The number of aryl methyl sites for hydroxylation is 1. The molecule has 1 saturated heterocycles. The van der Waals surface area contributed by atoms with Crippen molar-refractivity contribution < 1.29 is 22.5 Å². The molecule has 1 N–H and O–H groups in total. The van der Waals surface area contributed by atoms with Gasteiger partial charge in [0.05, 0.1) is 11.5 Å².